The maximum atomic E-state index is 11.4. The summed E-state index contributed by atoms with van der Waals surface area (Å²) in [5.41, 5.74) is 1.48. The minimum Gasteiger partial charge on any atom is -0.478 e. The van der Waals surface area contributed by atoms with Crippen LogP contribution >= 0.6 is 0 Å². The molecule has 0 bridgehead atoms. The number of pyridine rings is 1. The summed E-state index contributed by atoms with van der Waals surface area (Å²) in [5.74, 6) is -0.178. The molecular formula is C15H14N4O2. The highest BCUT2D eigenvalue weighted by Crippen LogP contribution is 2.26. The number of hydrogen-bond donors (Lipinski definition) is 2. The molecule has 0 fully saturated rings. The van der Waals surface area contributed by atoms with Gasteiger partial charge in [-0.05, 0) is 6.07 Å². The first-order valence-corrected chi connectivity index (χ1v) is 6.48. The quantitative estimate of drug-likeness (QED) is 0.767. The van der Waals surface area contributed by atoms with Crippen LogP contribution in [0.5, 0.6) is 0 Å². The SMILES string of the molecule is Cn1ccnc1CNc1c(C(=O)O)cnc2ccccc12. The molecule has 21 heavy (non-hydrogen) atoms. The number of nitrogens with one attached hydrogen (secondary N) is 1. The zero-order valence-electron chi connectivity index (χ0n) is 11.4. The van der Waals surface area contributed by atoms with Crippen LogP contribution in [-0.4, -0.2) is 25.6 Å². The second-order valence-corrected chi connectivity index (χ2v) is 4.68. The number of imidazole rings is 1. The van der Waals surface area contributed by atoms with Gasteiger partial charge >= 0.3 is 5.97 Å². The smallest absolute Gasteiger partial charge is 0.339 e. The van der Waals surface area contributed by atoms with E-state index in [0.717, 1.165) is 16.7 Å². The van der Waals surface area contributed by atoms with Crippen molar-refractivity contribution in [1.29, 1.82) is 0 Å². The van der Waals surface area contributed by atoms with E-state index in [0.29, 0.717) is 12.2 Å². The minimum absolute atomic E-state index is 0.155. The molecule has 0 aliphatic heterocycles. The molecular weight excluding hydrogens is 268 g/mol. The first kappa shape index (κ1) is 13.1. The van der Waals surface area contributed by atoms with Crippen molar-refractivity contribution in [3.05, 3.63) is 54.2 Å². The maximum absolute atomic E-state index is 11.4. The van der Waals surface area contributed by atoms with Gasteiger partial charge in [0.15, 0.2) is 0 Å². The van der Waals surface area contributed by atoms with Crippen LogP contribution in [0.1, 0.15) is 16.2 Å². The minimum atomic E-state index is -1.00. The summed E-state index contributed by atoms with van der Waals surface area (Å²) in [5, 5.41) is 13.3. The summed E-state index contributed by atoms with van der Waals surface area (Å²) in [4.78, 5) is 19.8. The van der Waals surface area contributed by atoms with Crippen LogP contribution in [0, 0.1) is 0 Å². The van der Waals surface area contributed by atoms with Crippen LogP contribution in [0.2, 0.25) is 0 Å². The number of aryl methyl sites for hydroxylation is 1. The van der Waals surface area contributed by atoms with E-state index in [4.69, 9.17) is 0 Å². The number of carboxylic acid groups (broad SMARTS) is 1. The Kier molecular flexibility index (Phi) is 3.27. The molecule has 1 aromatic carbocycles. The number of para-hydroxylation sites is 1. The van der Waals surface area contributed by atoms with Crippen molar-refractivity contribution in [3.8, 4) is 0 Å². The van der Waals surface area contributed by atoms with Gasteiger partial charge in [-0.2, -0.15) is 0 Å². The van der Waals surface area contributed by atoms with Gasteiger partial charge in [0.1, 0.15) is 11.4 Å². The Balaban J connectivity index is 2.04. The number of fused-ring (bicyclic) bond motifs is 1. The highest BCUT2D eigenvalue weighted by molar-refractivity contribution is 6.04. The molecule has 0 aliphatic carbocycles. The van der Waals surface area contributed by atoms with Crippen LogP contribution in [0.3, 0.4) is 0 Å². The van der Waals surface area contributed by atoms with Gasteiger partial charge in [0.05, 0.1) is 17.7 Å². The van der Waals surface area contributed by atoms with E-state index in [-0.39, 0.29) is 5.56 Å². The van der Waals surface area contributed by atoms with Crippen molar-refractivity contribution in [2.45, 2.75) is 6.54 Å². The number of rotatable bonds is 4. The third kappa shape index (κ3) is 2.43. The van der Waals surface area contributed by atoms with E-state index in [9.17, 15) is 9.90 Å². The van der Waals surface area contributed by atoms with Crippen LogP contribution in [0.15, 0.2) is 42.9 Å². The first-order chi connectivity index (χ1) is 10.2. The topological polar surface area (TPSA) is 80.0 Å². The maximum Gasteiger partial charge on any atom is 0.339 e. The van der Waals surface area contributed by atoms with Crippen LogP contribution in [0.4, 0.5) is 5.69 Å². The summed E-state index contributed by atoms with van der Waals surface area (Å²) in [6.07, 6.45) is 4.94. The summed E-state index contributed by atoms with van der Waals surface area (Å²) in [6.45, 7) is 0.442. The lowest BCUT2D eigenvalue weighted by molar-refractivity contribution is 0.0697. The Morgan fingerprint density at radius 3 is 2.86 bits per heavy atom. The fraction of sp³-hybridized carbons (Fsp3) is 0.133. The zero-order valence-corrected chi connectivity index (χ0v) is 11.4. The van der Waals surface area contributed by atoms with Gasteiger partial charge < -0.3 is 15.0 Å². The standard InChI is InChI=1S/C15H14N4O2/c1-19-7-6-16-13(19)9-18-14-10-4-2-3-5-12(10)17-8-11(14)15(20)21/h2-8H,9H2,1H3,(H,17,18)(H,20,21). The fourth-order valence-corrected chi connectivity index (χ4v) is 2.23. The summed E-state index contributed by atoms with van der Waals surface area (Å²) >= 11 is 0. The molecule has 0 unspecified atom stereocenters. The molecule has 6 nitrogen and oxygen atoms in total. The lowest BCUT2D eigenvalue weighted by atomic mass is 10.1. The number of benzene rings is 1. The van der Waals surface area contributed by atoms with Gasteiger partial charge in [-0.15, -0.1) is 0 Å². The number of carboxylic acids is 1. The highest BCUT2D eigenvalue weighted by Gasteiger charge is 2.14. The molecule has 0 radical (unpaired) electrons. The summed E-state index contributed by atoms with van der Waals surface area (Å²) in [7, 11) is 1.90. The molecule has 3 aromatic rings. The molecule has 106 valence electrons. The van der Waals surface area contributed by atoms with Crippen molar-refractivity contribution >= 4 is 22.6 Å². The molecule has 2 N–H and O–H groups in total. The van der Waals surface area contributed by atoms with Crippen LogP contribution in [0.25, 0.3) is 10.9 Å². The average molecular weight is 282 g/mol. The second-order valence-electron chi connectivity index (χ2n) is 4.68. The molecule has 6 heteroatoms. The van der Waals surface area contributed by atoms with Gasteiger partial charge in [-0.1, -0.05) is 18.2 Å². The van der Waals surface area contributed by atoms with Crippen molar-refractivity contribution in [2.75, 3.05) is 5.32 Å². The third-order valence-electron chi connectivity index (χ3n) is 3.35. The van der Waals surface area contributed by atoms with Gasteiger partial charge in [0, 0.05) is 31.0 Å². The molecule has 0 amide bonds. The Labute approximate surface area is 121 Å². The van der Waals surface area contributed by atoms with E-state index in [1.807, 2.05) is 42.1 Å². The Hall–Kier alpha value is -2.89. The zero-order chi connectivity index (χ0) is 14.8. The number of nitrogens with zero attached hydrogens (tertiary/aromatic N) is 3. The number of anilines is 1. The predicted molar refractivity (Wildman–Crippen MR) is 79.2 cm³/mol. The van der Waals surface area contributed by atoms with E-state index in [1.54, 1.807) is 6.20 Å². The monoisotopic (exact) mass is 282 g/mol. The molecule has 0 saturated carbocycles. The van der Waals surface area contributed by atoms with Crippen molar-refractivity contribution in [3.63, 3.8) is 0 Å². The first-order valence-electron chi connectivity index (χ1n) is 6.48. The molecule has 0 spiro atoms. The van der Waals surface area contributed by atoms with E-state index in [2.05, 4.69) is 15.3 Å². The van der Waals surface area contributed by atoms with E-state index < -0.39 is 5.97 Å². The number of carbonyl (C=O) groups is 1. The van der Waals surface area contributed by atoms with Crippen molar-refractivity contribution in [1.82, 2.24) is 14.5 Å². The van der Waals surface area contributed by atoms with Gasteiger partial charge in [0.25, 0.3) is 0 Å². The van der Waals surface area contributed by atoms with Crippen molar-refractivity contribution < 1.29 is 9.90 Å². The predicted octanol–water partition coefficient (Wildman–Crippen LogP) is 2.28. The van der Waals surface area contributed by atoms with Gasteiger partial charge in [0.2, 0.25) is 0 Å². The van der Waals surface area contributed by atoms with Crippen LogP contribution < -0.4 is 5.32 Å². The molecule has 2 heterocycles. The molecule has 0 aliphatic rings. The lowest BCUT2D eigenvalue weighted by Crippen LogP contribution is -2.10. The Morgan fingerprint density at radius 2 is 2.14 bits per heavy atom. The normalized spacial score (nSPS) is 10.7. The van der Waals surface area contributed by atoms with Crippen LogP contribution in [-0.2, 0) is 13.6 Å². The fourth-order valence-electron chi connectivity index (χ4n) is 2.23. The second kappa shape index (κ2) is 5.24. The number of aromatic carboxylic acids is 1. The largest absolute Gasteiger partial charge is 0.478 e. The average Bonchev–Trinajstić information content (AvgIpc) is 2.89. The summed E-state index contributed by atoms with van der Waals surface area (Å²) in [6, 6.07) is 7.45. The number of hydrogen-bond acceptors (Lipinski definition) is 4. The van der Waals surface area contributed by atoms with E-state index in [1.165, 1.54) is 6.20 Å². The Morgan fingerprint density at radius 1 is 1.33 bits per heavy atom. The Bertz CT molecular complexity index is 810. The van der Waals surface area contributed by atoms with Gasteiger partial charge in [-0.25, -0.2) is 9.78 Å². The molecule has 0 saturated heterocycles. The molecule has 2 aromatic heterocycles. The van der Waals surface area contributed by atoms with E-state index >= 15 is 0 Å². The third-order valence-corrected chi connectivity index (χ3v) is 3.35. The number of aromatic nitrogens is 3. The van der Waals surface area contributed by atoms with Gasteiger partial charge in [-0.3, -0.25) is 4.98 Å². The lowest BCUT2D eigenvalue weighted by Gasteiger charge is -2.12. The highest BCUT2D eigenvalue weighted by atomic mass is 16.4. The van der Waals surface area contributed by atoms with Crippen molar-refractivity contribution in [2.24, 2.45) is 7.05 Å². The molecule has 3 rings (SSSR count). The summed E-state index contributed by atoms with van der Waals surface area (Å²) < 4.78 is 1.89. The molecule has 0 atom stereocenters.